The number of fused-ring (bicyclic) bond motifs is 7. The molecule has 23 atom stereocenters. The molecule has 10 N–H and O–H groups in total. The summed E-state index contributed by atoms with van der Waals surface area (Å²) < 4.78 is 36.4. The number of aliphatic carboxylic acids is 1. The average Bonchev–Trinajstić information content (AvgIpc) is 3.24. The minimum Gasteiger partial charge on any atom is -0.481 e. The fourth-order valence-corrected chi connectivity index (χ4v) is 15.2. The van der Waals surface area contributed by atoms with E-state index >= 15 is 0 Å². The summed E-state index contributed by atoms with van der Waals surface area (Å²) in [6, 6.07) is -1.17. The first kappa shape index (κ1) is 51.5. The molecule has 8 aliphatic rings. The fraction of sp³-hybridized carbons (Fsp3) is 0.918. The van der Waals surface area contributed by atoms with Crippen molar-refractivity contribution in [3.63, 3.8) is 0 Å². The maximum absolute atomic E-state index is 13.2. The molecule has 4 saturated carbocycles. The van der Waals surface area contributed by atoms with E-state index in [-0.39, 0.29) is 40.6 Å². The molecular weight excluding hydrogens is 875 g/mol. The van der Waals surface area contributed by atoms with Gasteiger partial charge in [0.2, 0.25) is 5.91 Å². The quantitative estimate of drug-likeness (QED) is 0.116. The Kier molecular flexibility index (Phi) is 13.8. The van der Waals surface area contributed by atoms with Gasteiger partial charge >= 0.3 is 5.97 Å². The number of carboxylic acids is 1. The maximum atomic E-state index is 13.2. The number of carbonyl (C=O) groups excluding carboxylic acids is 1. The third-order valence-corrected chi connectivity index (χ3v) is 19.3. The Labute approximate surface area is 393 Å². The summed E-state index contributed by atoms with van der Waals surface area (Å²) >= 11 is 0. The van der Waals surface area contributed by atoms with Crippen LogP contribution in [0.3, 0.4) is 0 Å². The van der Waals surface area contributed by atoms with E-state index in [1.807, 2.05) is 0 Å². The van der Waals surface area contributed by atoms with Gasteiger partial charge in [-0.2, -0.15) is 0 Å². The topological polar surface area (TPSA) is 284 Å². The number of hydrogen-bond donors (Lipinski definition) is 10. The number of allylic oxidation sites excluding steroid dienone is 2. The number of ether oxygens (including phenoxy) is 6. The molecule has 3 saturated heterocycles. The largest absolute Gasteiger partial charge is 0.481 e. The molecule has 3 aliphatic heterocycles. The molecule has 18 nitrogen and oxygen atoms in total. The van der Waals surface area contributed by atoms with Crippen LogP contribution in [0, 0.1) is 50.2 Å². The van der Waals surface area contributed by atoms with Gasteiger partial charge in [0.25, 0.3) is 0 Å². The number of carbonyl (C=O) groups is 2. The summed E-state index contributed by atoms with van der Waals surface area (Å²) in [5.74, 6) is -1.22. The number of rotatable bonds is 9. The van der Waals surface area contributed by atoms with Gasteiger partial charge in [-0.25, -0.2) is 0 Å². The lowest BCUT2D eigenvalue weighted by atomic mass is 9.33. The van der Waals surface area contributed by atoms with Gasteiger partial charge in [-0.1, -0.05) is 60.1 Å². The van der Waals surface area contributed by atoms with E-state index in [4.69, 9.17) is 28.4 Å². The van der Waals surface area contributed by atoms with Crippen molar-refractivity contribution in [2.75, 3.05) is 13.2 Å². The van der Waals surface area contributed by atoms with Crippen LogP contribution in [-0.4, -0.2) is 169 Å². The summed E-state index contributed by atoms with van der Waals surface area (Å²) in [5.41, 5.74) is -1.27. The van der Waals surface area contributed by atoms with E-state index in [0.29, 0.717) is 19.3 Å². The number of aliphatic hydroxyl groups excluding tert-OH is 8. The predicted octanol–water partition coefficient (Wildman–Crippen LogP) is 1.49. The van der Waals surface area contributed by atoms with Gasteiger partial charge in [0.1, 0.15) is 66.4 Å². The van der Waals surface area contributed by atoms with Crippen LogP contribution < -0.4 is 5.32 Å². The van der Waals surface area contributed by atoms with E-state index in [2.05, 4.69) is 59.9 Å². The molecule has 0 aromatic carbocycles. The molecule has 0 unspecified atom stereocenters. The van der Waals surface area contributed by atoms with Gasteiger partial charge in [0.15, 0.2) is 18.9 Å². The van der Waals surface area contributed by atoms with Gasteiger partial charge in [-0.3, -0.25) is 9.59 Å². The third kappa shape index (κ3) is 8.26. The number of aliphatic hydroxyl groups is 8. The molecule has 67 heavy (non-hydrogen) atoms. The SMILES string of the molecule is CC(=O)N[C@H]1[C@H](O[C@H]2CC[C@@]3(C)[C@H](CC[C@]4(C)[C@@H]3CC=C3[C@@H]5CC(C)(C)CC[C@]5(C(=O)O)[C@H](O)C[C@]34C)C2(C)C)O[C@H](CO[C@@H]2O[C@H](C)[C@H](O)[C@H](O)[C@H]2O[C@@H]2OC[C@@H](O)[C@H](O)[C@H]2O)[C@@H](O)[C@@H]1O. The highest BCUT2D eigenvalue weighted by atomic mass is 16.8. The van der Waals surface area contributed by atoms with Crippen molar-refractivity contribution >= 4 is 11.9 Å². The van der Waals surface area contributed by atoms with Crippen molar-refractivity contribution in [1.29, 1.82) is 0 Å². The van der Waals surface area contributed by atoms with Crippen LogP contribution in [0.1, 0.15) is 120 Å². The summed E-state index contributed by atoms with van der Waals surface area (Å²) in [6.07, 6.45) is -11.7. The Morgan fingerprint density at radius 2 is 1.46 bits per heavy atom. The van der Waals surface area contributed by atoms with Gasteiger partial charge in [0.05, 0.1) is 31.5 Å². The van der Waals surface area contributed by atoms with E-state index in [1.54, 1.807) is 0 Å². The number of nitrogens with one attached hydrogen (secondary N) is 1. The van der Waals surface area contributed by atoms with Gasteiger partial charge in [-0.15, -0.1) is 0 Å². The van der Waals surface area contributed by atoms with Crippen LogP contribution in [0.25, 0.3) is 0 Å². The molecule has 1 amide bonds. The lowest BCUT2D eigenvalue weighted by molar-refractivity contribution is -0.361. The zero-order valence-corrected chi connectivity index (χ0v) is 40.6. The Bertz CT molecular complexity index is 1880. The second-order valence-electron chi connectivity index (χ2n) is 23.9. The van der Waals surface area contributed by atoms with Crippen LogP contribution >= 0.6 is 0 Å². The van der Waals surface area contributed by atoms with Crippen molar-refractivity contribution in [1.82, 2.24) is 5.32 Å². The Balaban J connectivity index is 1.01. The van der Waals surface area contributed by atoms with Crippen molar-refractivity contribution < 1.29 is 84.0 Å². The molecular formula is C49H79NO17. The van der Waals surface area contributed by atoms with Crippen molar-refractivity contribution in [2.45, 2.75) is 218 Å². The summed E-state index contributed by atoms with van der Waals surface area (Å²) in [7, 11) is 0. The maximum Gasteiger partial charge on any atom is 0.312 e. The van der Waals surface area contributed by atoms with Crippen LogP contribution in [0.2, 0.25) is 0 Å². The zero-order valence-electron chi connectivity index (χ0n) is 40.6. The first-order valence-corrected chi connectivity index (χ1v) is 24.6. The summed E-state index contributed by atoms with van der Waals surface area (Å²) in [4.78, 5) is 25.8. The summed E-state index contributed by atoms with van der Waals surface area (Å²) in [5, 5.41) is 101. The zero-order chi connectivity index (χ0) is 49.1. The molecule has 382 valence electrons. The molecule has 8 rings (SSSR count). The molecule has 7 fully saturated rings. The van der Waals surface area contributed by atoms with Gasteiger partial charge in [-0.05, 0) is 110 Å². The smallest absolute Gasteiger partial charge is 0.312 e. The van der Waals surface area contributed by atoms with Crippen LogP contribution in [-0.2, 0) is 38.0 Å². The Hall–Kier alpha value is -1.88. The van der Waals surface area contributed by atoms with Crippen molar-refractivity contribution in [3.05, 3.63) is 11.6 Å². The lowest BCUT2D eigenvalue weighted by Crippen LogP contribution is -2.68. The molecule has 5 aliphatic carbocycles. The minimum absolute atomic E-state index is 0.0448. The average molecular weight is 954 g/mol. The monoisotopic (exact) mass is 954 g/mol. The van der Waals surface area contributed by atoms with E-state index in [9.17, 15) is 55.5 Å². The van der Waals surface area contributed by atoms with E-state index < -0.39 is 133 Å². The second kappa shape index (κ2) is 18.0. The lowest BCUT2D eigenvalue weighted by Gasteiger charge is -2.71. The Morgan fingerprint density at radius 1 is 0.761 bits per heavy atom. The molecule has 0 aromatic heterocycles. The molecule has 0 radical (unpaired) electrons. The molecule has 3 heterocycles. The molecule has 18 heteroatoms. The molecule has 0 bridgehead atoms. The van der Waals surface area contributed by atoms with Crippen LogP contribution in [0.5, 0.6) is 0 Å². The second-order valence-corrected chi connectivity index (χ2v) is 23.9. The molecule has 0 spiro atoms. The van der Waals surface area contributed by atoms with Gasteiger partial charge in [0, 0.05) is 6.92 Å². The van der Waals surface area contributed by atoms with E-state index in [0.717, 1.165) is 38.5 Å². The first-order valence-electron chi connectivity index (χ1n) is 24.6. The number of carboxylic acid groups (broad SMARTS) is 1. The van der Waals surface area contributed by atoms with E-state index in [1.165, 1.54) is 19.4 Å². The van der Waals surface area contributed by atoms with Crippen molar-refractivity contribution in [3.8, 4) is 0 Å². The highest BCUT2D eigenvalue weighted by Gasteiger charge is 2.71. The van der Waals surface area contributed by atoms with Crippen LogP contribution in [0.15, 0.2) is 11.6 Å². The highest BCUT2D eigenvalue weighted by Crippen LogP contribution is 2.76. The summed E-state index contributed by atoms with van der Waals surface area (Å²) in [6.45, 7) is 17.8. The standard InChI is InChI=1S/C49H79NO17/c1-22-33(54)37(58)39(67-41-38(59)34(55)26(52)20-62-41)42(64-22)63-21-27-35(56)36(57)32(50-23(2)51)40(65-27)66-31-13-14-46(7)28(45(31,5)6)12-15-47(8)29(46)11-10-24-25-18-44(3,4)16-17-49(25,43(60)61)30(53)19-48(24,47)9/h10,22,25-42,52-59H,11-21H2,1-9H3,(H,50,51)(H,60,61)/t22-,25+,26-,27-,28-,29-,30-,31+,32-,33+,34+,35-,36-,37+,38-,39-,40+,41+,42-,46+,47-,48-,49-/m1/s1. The normalized spacial score (nSPS) is 52.6. The third-order valence-electron chi connectivity index (χ3n) is 19.3. The number of hydrogen-bond acceptors (Lipinski definition) is 16. The fourth-order valence-electron chi connectivity index (χ4n) is 15.2. The molecule has 0 aromatic rings. The minimum atomic E-state index is -1.72. The van der Waals surface area contributed by atoms with Crippen LogP contribution in [0.4, 0.5) is 0 Å². The number of amides is 1. The Morgan fingerprint density at radius 3 is 2.13 bits per heavy atom. The predicted molar refractivity (Wildman–Crippen MR) is 236 cm³/mol. The van der Waals surface area contributed by atoms with Gasteiger partial charge < -0.3 is 79.7 Å². The van der Waals surface area contributed by atoms with Crippen molar-refractivity contribution in [2.24, 2.45) is 50.2 Å². The first-order chi connectivity index (χ1) is 31.1. The highest BCUT2D eigenvalue weighted by molar-refractivity contribution is 5.77.